The first-order valence-corrected chi connectivity index (χ1v) is 7.19. The summed E-state index contributed by atoms with van der Waals surface area (Å²) in [4.78, 5) is 34.0. The average Bonchev–Trinajstić information content (AvgIpc) is 3.12. The van der Waals surface area contributed by atoms with E-state index in [1.165, 1.54) is 42.7 Å². The smallest absolute Gasteiger partial charge is 0.269 e. The van der Waals surface area contributed by atoms with Crippen molar-refractivity contribution in [1.82, 2.24) is 9.78 Å². The number of carbonyl (C=O) groups excluding carboxylic acids is 1. The molecular formula is C16H12N4O5. The number of benzene rings is 1. The van der Waals surface area contributed by atoms with Crippen molar-refractivity contribution in [3.05, 3.63) is 75.3 Å². The van der Waals surface area contributed by atoms with Gasteiger partial charge in [0.15, 0.2) is 5.76 Å². The van der Waals surface area contributed by atoms with Gasteiger partial charge in [0.05, 0.1) is 11.2 Å². The summed E-state index contributed by atoms with van der Waals surface area (Å²) in [6, 6.07) is 11.5. The molecule has 0 unspecified atom stereocenters. The number of furan rings is 1. The number of nitrogens with zero attached hydrogens (tertiary/aromatic N) is 3. The zero-order chi connectivity index (χ0) is 17.8. The van der Waals surface area contributed by atoms with Crippen molar-refractivity contribution in [2.24, 2.45) is 0 Å². The lowest BCUT2D eigenvalue weighted by Gasteiger charge is -2.07. The van der Waals surface area contributed by atoms with Crippen LogP contribution in [0.1, 0.15) is 0 Å². The number of carbonyl (C=O) groups is 1. The lowest BCUT2D eigenvalue weighted by atomic mass is 10.3. The Hall–Kier alpha value is -3.75. The van der Waals surface area contributed by atoms with Crippen LogP contribution in [0, 0.1) is 10.1 Å². The number of non-ortho nitro benzene ring substituents is 1. The molecule has 0 aliphatic carbocycles. The predicted octanol–water partition coefficient (Wildman–Crippen LogP) is 2.05. The third-order valence-electron chi connectivity index (χ3n) is 3.30. The highest BCUT2D eigenvalue weighted by molar-refractivity contribution is 5.90. The normalized spacial score (nSPS) is 10.4. The Morgan fingerprint density at radius 3 is 2.60 bits per heavy atom. The summed E-state index contributed by atoms with van der Waals surface area (Å²) in [5.41, 5.74) is 0.287. The number of nitro groups is 1. The summed E-state index contributed by atoms with van der Waals surface area (Å²) in [6.07, 6.45) is 1.48. The number of nitrogens with one attached hydrogen (secondary N) is 1. The van der Waals surface area contributed by atoms with Gasteiger partial charge >= 0.3 is 0 Å². The van der Waals surface area contributed by atoms with Crippen molar-refractivity contribution < 1.29 is 14.1 Å². The molecule has 0 spiro atoms. The van der Waals surface area contributed by atoms with E-state index >= 15 is 0 Å². The number of aromatic nitrogens is 2. The second-order valence-corrected chi connectivity index (χ2v) is 5.04. The SMILES string of the molecule is O=C(Cn1nc(-c2ccco2)ccc1=O)Nc1ccc([N+](=O)[O-])cc1. The lowest BCUT2D eigenvalue weighted by Crippen LogP contribution is -2.29. The molecule has 0 aliphatic heterocycles. The van der Waals surface area contributed by atoms with Crippen LogP contribution < -0.4 is 10.9 Å². The average molecular weight is 340 g/mol. The highest BCUT2D eigenvalue weighted by atomic mass is 16.6. The van der Waals surface area contributed by atoms with E-state index in [0.717, 1.165) is 4.68 Å². The second-order valence-electron chi connectivity index (χ2n) is 5.04. The van der Waals surface area contributed by atoms with E-state index in [4.69, 9.17) is 4.42 Å². The van der Waals surface area contributed by atoms with Crippen molar-refractivity contribution in [2.45, 2.75) is 6.54 Å². The number of nitro benzene ring substituents is 1. The summed E-state index contributed by atoms with van der Waals surface area (Å²) >= 11 is 0. The van der Waals surface area contributed by atoms with Gasteiger partial charge in [0.25, 0.3) is 11.2 Å². The Morgan fingerprint density at radius 2 is 1.96 bits per heavy atom. The van der Waals surface area contributed by atoms with Crippen LogP contribution in [0.5, 0.6) is 0 Å². The van der Waals surface area contributed by atoms with Crippen LogP contribution in [0.15, 0.2) is 64.0 Å². The number of rotatable bonds is 5. The summed E-state index contributed by atoms with van der Waals surface area (Å²) in [5, 5.41) is 17.3. The molecule has 0 fully saturated rings. The van der Waals surface area contributed by atoms with Gasteiger partial charge in [-0.25, -0.2) is 4.68 Å². The Morgan fingerprint density at radius 1 is 1.20 bits per heavy atom. The van der Waals surface area contributed by atoms with Crippen LogP contribution in [0.3, 0.4) is 0 Å². The maximum atomic E-state index is 12.1. The third-order valence-corrected chi connectivity index (χ3v) is 3.30. The second kappa shape index (κ2) is 6.79. The van der Waals surface area contributed by atoms with Gasteiger partial charge in [0.2, 0.25) is 5.91 Å². The molecule has 3 rings (SSSR count). The lowest BCUT2D eigenvalue weighted by molar-refractivity contribution is -0.384. The molecule has 9 nitrogen and oxygen atoms in total. The minimum Gasteiger partial charge on any atom is -0.463 e. The van der Waals surface area contributed by atoms with Gasteiger partial charge < -0.3 is 9.73 Å². The number of hydrogen-bond acceptors (Lipinski definition) is 6. The molecule has 25 heavy (non-hydrogen) atoms. The molecule has 2 heterocycles. The first kappa shape index (κ1) is 16.1. The largest absolute Gasteiger partial charge is 0.463 e. The van der Waals surface area contributed by atoms with Crippen LogP contribution in [0.4, 0.5) is 11.4 Å². The molecule has 9 heteroatoms. The fourth-order valence-electron chi connectivity index (χ4n) is 2.12. The topological polar surface area (TPSA) is 120 Å². The van der Waals surface area contributed by atoms with Crippen molar-refractivity contribution in [3.8, 4) is 11.5 Å². The van der Waals surface area contributed by atoms with Crippen LogP contribution in [-0.4, -0.2) is 20.6 Å². The minimum absolute atomic E-state index is 0.0814. The Kier molecular flexibility index (Phi) is 4.38. The molecule has 0 bridgehead atoms. The molecule has 2 aromatic heterocycles. The fraction of sp³-hybridized carbons (Fsp3) is 0.0625. The van der Waals surface area contributed by atoms with E-state index in [0.29, 0.717) is 17.1 Å². The van der Waals surface area contributed by atoms with Gasteiger partial charge in [0, 0.05) is 23.9 Å². The van der Waals surface area contributed by atoms with Crippen LogP contribution in [0.25, 0.3) is 11.5 Å². The minimum atomic E-state index is -0.533. The summed E-state index contributed by atoms with van der Waals surface area (Å²) in [6.45, 7) is -0.301. The standard InChI is InChI=1S/C16H12N4O5/c21-15(17-11-3-5-12(6-4-11)20(23)24)10-19-16(22)8-7-13(18-19)14-2-1-9-25-14/h1-9H,10H2,(H,17,21). The first-order valence-electron chi connectivity index (χ1n) is 7.19. The van der Waals surface area contributed by atoms with E-state index in [9.17, 15) is 19.7 Å². The predicted molar refractivity (Wildman–Crippen MR) is 87.9 cm³/mol. The van der Waals surface area contributed by atoms with E-state index in [1.54, 1.807) is 12.1 Å². The zero-order valence-corrected chi connectivity index (χ0v) is 12.8. The molecule has 0 aliphatic rings. The maximum Gasteiger partial charge on any atom is 0.269 e. The van der Waals surface area contributed by atoms with Crippen LogP contribution >= 0.6 is 0 Å². The van der Waals surface area contributed by atoms with Crippen molar-refractivity contribution >= 4 is 17.3 Å². The molecule has 126 valence electrons. The fourth-order valence-corrected chi connectivity index (χ4v) is 2.12. The van der Waals surface area contributed by atoms with Gasteiger partial charge in [0.1, 0.15) is 12.2 Å². The molecule has 0 saturated carbocycles. The molecule has 0 atom stereocenters. The van der Waals surface area contributed by atoms with Crippen molar-refractivity contribution in [1.29, 1.82) is 0 Å². The van der Waals surface area contributed by atoms with Gasteiger partial charge in [-0.05, 0) is 30.3 Å². The van der Waals surface area contributed by atoms with Gasteiger partial charge in [-0.1, -0.05) is 0 Å². The highest BCUT2D eigenvalue weighted by Gasteiger charge is 2.10. The molecule has 1 aromatic carbocycles. The highest BCUT2D eigenvalue weighted by Crippen LogP contribution is 2.16. The number of anilines is 1. The zero-order valence-electron chi connectivity index (χ0n) is 12.8. The summed E-state index contributed by atoms with van der Waals surface area (Å²) in [7, 11) is 0. The molecule has 0 radical (unpaired) electrons. The Bertz CT molecular complexity index is 961. The Balaban J connectivity index is 1.73. The molecule has 3 aromatic rings. The van der Waals surface area contributed by atoms with Gasteiger partial charge in [-0.3, -0.25) is 19.7 Å². The molecule has 0 saturated heterocycles. The van der Waals surface area contributed by atoms with Crippen molar-refractivity contribution in [2.75, 3.05) is 5.32 Å². The number of amides is 1. The van der Waals surface area contributed by atoms with E-state index in [-0.39, 0.29) is 12.2 Å². The molecular weight excluding hydrogens is 328 g/mol. The monoisotopic (exact) mass is 340 g/mol. The Labute approximate surface area is 140 Å². The van der Waals surface area contributed by atoms with E-state index in [2.05, 4.69) is 10.4 Å². The first-order chi connectivity index (χ1) is 12.0. The summed E-state index contributed by atoms with van der Waals surface area (Å²) < 4.78 is 6.22. The van der Waals surface area contributed by atoms with E-state index in [1.807, 2.05) is 0 Å². The van der Waals surface area contributed by atoms with Crippen LogP contribution in [0.2, 0.25) is 0 Å². The quantitative estimate of drug-likeness (QED) is 0.560. The van der Waals surface area contributed by atoms with Gasteiger partial charge in [-0.2, -0.15) is 5.10 Å². The van der Waals surface area contributed by atoms with Gasteiger partial charge in [-0.15, -0.1) is 0 Å². The summed E-state index contributed by atoms with van der Waals surface area (Å²) in [5.74, 6) is -0.00965. The maximum absolute atomic E-state index is 12.1. The third kappa shape index (κ3) is 3.78. The van der Waals surface area contributed by atoms with Crippen molar-refractivity contribution in [3.63, 3.8) is 0 Å². The van der Waals surface area contributed by atoms with E-state index < -0.39 is 16.4 Å². The van der Waals surface area contributed by atoms with Crippen LogP contribution in [-0.2, 0) is 11.3 Å². The molecule has 1 N–H and O–H groups in total. The number of hydrogen-bond donors (Lipinski definition) is 1. The molecule has 1 amide bonds.